The van der Waals surface area contributed by atoms with E-state index < -0.39 is 11.2 Å². The summed E-state index contributed by atoms with van der Waals surface area (Å²) in [5.41, 5.74) is 1.89. The van der Waals surface area contributed by atoms with Gasteiger partial charge in [0.25, 0.3) is 5.03 Å². The molecule has 0 radical (unpaired) electrons. The van der Waals surface area contributed by atoms with Gasteiger partial charge in [-0.1, -0.05) is 32.4 Å². The van der Waals surface area contributed by atoms with Gasteiger partial charge in [-0.2, -0.15) is 5.26 Å². The Morgan fingerprint density at radius 2 is 2.28 bits per heavy atom. The fourth-order valence-electron chi connectivity index (χ4n) is 3.61. The van der Waals surface area contributed by atoms with E-state index >= 15 is 0 Å². The van der Waals surface area contributed by atoms with Crippen LogP contribution in [-0.2, 0) is 24.7 Å². The summed E-state index contributed by atoms with van der Waals surface area (Å²) >= 11 is 2.65. The van der Waals surface area contributed by atoms with E-state index in [0.29, 0.717) is 22.9 Å². The van der Waals surface area contributed by atoms with E-state index in [1.54, 1.807) is 7.05 Å². The van der Waals surface area contributed by atoms with Gasteiger partial charge in [0.1, 0.15) is 11.1 Å². The van der Waals surface area contributed by atoms with Crippen molar-refractivity contribution in [1.29, 1.82) is 5.26 Å². The molecule has 2 aromatic rings. The molecule has 29 heavy (non-hydrogen) atoms. The molecule has 2 atom stereocenters. The van der Waals surface area contributed by atoms with Crippen molar-refractivity contribution in [3.05, 3.63) is 16.0 Å². The Morgan fingerprint density at radius 1 is 1.55 bits per heavy atom. The zero-order valence-electron chi connectivity index (χ0n) is 17.4. The van der Waals surface area contributed by atoms with Crippen LogP contribution in [0.5, 0.6) is 5.95 Å². The van der Waals surface area contributed by atoms with Crippen LogP contribution in [0.25, 0.3) is 0 Å². The van der Waals surface area contributed by atoms with E-state index in [1.165, 1.54) is 20.9 Å². The molecule has 0 aromatic carbocycles. The highest BCUT2D eigenvalue weighted by molar-refractivity contribution is 8.00. The highest BCUT2D eigenvalue weighted by atomic mass is 32.2. The van der Waals surface area contributed by atoms with Gasteiger partial charge in [0.05, 0.1) is 16.1 Å². The van der Waals surface area contributed by atoms with Crippen molar-refractivity contribution >= 4 is 34.0 Å². The lowest BCUT2D eigenvalue weighted by Crippen LogP contribution is -2.34. The first kappa shape index (κ1) is 21.7. The van der Waals surface area contributed by atoms with Crippen molar-refractivity contribution in [1.82, 2.24) is 5.27 Å². The normalized spacial score (nSPS) is 17.4. The first-order chi connectivity index (χ1) is 13.7. The predicted octanol–water partition coefficient (Wildman–Crippen LogP) is 3.17. The molecule has 2 heterocycles. The average molecular weight is 435 g/mol. The van der Waals surface area contributed by atoms with E-state index in [2.05, 4.69) is 42.0 Å². The molecule has 0 saturated carbocycles. The minimum absolute atomic E-state index is 0.214. The second kappa shape index (κ2) is 8.36. The van der Waals surface area contributed by atoms with Crippen molar-refractivity contribution in [2.45, 2.75) is 63.7 Å². The molecule has 0 aliphatic heterocycles. The van der Waals surface area contributed by atoms with Gasteiger partial charge in [-0.05, 0) is 54.3 Å². The Bertz CT molecular complexity index is 933. The first-order valence-corrected chi connectivity index (χ1v) is 11.4. The van der Waals surface area contributed by atoms with Crippen LogP contribution < -0.4 is 15.1 Å². The third kappa shape index (κ3) is 4.43. The van der Waals surface area contributed by atoms with Crippen LogP contribution in [0.15, 0.2) is 9.55 Å². The van der Waals surface area contributed by atoms with Gasteiger partial charge in [-0.25, -0.2) is 0 Å². The van der Waals surface area contributed by atoms with Crippen molar-refractivity contribution in [3.8, 4) is 12.0 Å². The molecule has 7 nitrogen and oxygen atoms in total. The van der Waals surface area contributed by atoms with Gasteiger partial charge >= 0.3 is 0 Å². The lowest BCUT2D eigenvalue weighted by atomic mass is 9.72. The smallest absolute Gasteiger partial charge is 0.291 e. The number of thioether (sulfide) groups is 1. The number of nitriles is 1. The fraction of sp³-hybridized carbons (Fsp3) is 0.600. The van der Waals surface area contributed by atoms with Crippen molar-refractivity contribution in [2.75, 3.05) is 5.32 Å². The molecular formula is C20H26N4O3S2. The van der Waals surface area contributed by atoms with Crippen molar-refractivity contribution in [3.63, 3.8) is 0 Å². The monoisotopic (exact) mass is 434 g/mol. The number of thiophene rings is 1. The summed E-state index contributed by atoms with van der Waals surface area (Å²) in [5.74, 6) is -0.214. The molecule has 0 fully saturated rings. The maximum atomic E-state index is 12.9. The summed E-state index contributed by atoms with van der Waals surface area (Å²) in [4.78, 5) is 14.1. The van der Waals surface area contributed by atoms with E-state index in [4.69, 9.17) is 0 Å². The summed E-state index contributed by atoms with van der Waals surface area (Å²) in [6.45, 7) is 8.64. The second-order valence-electron chi connectivity index (χ2n) is 8.42. The molecule has 9 heteroatoms. The summed E-state index contributed by atoms with van der Waals surface area (Å²) in [6, 6.07) is 2.29. The topological polar surface area (TPSA) is 106 Å². The molecule has 3 rings (SSSR count). The lowest BCUT2D eigenvalue weighted by molar-refractivity contribution is -0.772. The van der Waals surface area contributed by atoms with Gasteiger partial charge in [0.15, 0.2) is 13.0 Å². The third-order valence-electron chi connectivity index (χ3n) is 5.47. The Kier molecular flexibility index (Phi) is 6.24. The molecule has 0 spiro atoms. The van der Waals surface area contributed by atoms with Gasteiger partial charge in [0.2, 0.25) is 5.91 Å². The van der Waals surface area contributed by atoms with Crippen LogP contribution in [0.3, 0.4) is 0 Å². The van der Waals surface area contributed by atoms with E-state index in [1.807, 2.05) is 6.92 Å². The summed E-state index contributed by atoms with van der Waals surface area (Å²) in [7, 11) is 1.60. The Labute approximate surface area is 179 Å². The fourth-order valence-corrected chi connectivity index (χ4v) is 5.81. The minimum Gasteiger partial charge on any atom is -0.538 e. The number of carbonyl (C=O) groups excluding carboxylic acids is 1. The van der Waals surface area contributed by atoms with Crippen LogP contribution in [0.4, 0.5) is 5.00 Å². The molecule has 1 N–H and O–H groups in total. The number of hydrogen-bond acceptors (Lipinski definition) is 7. The third-order valence-corrected chi connectivity index (χ3v) is 8.13. The van der Waals surface area contributed by atoms with E-state index in [-0.39, 0.29) is 16.3 Å². The van der Waals surface area contributed by atoms with Gasteiger partial charge in [-0.3, -0.25) is 4.79 Å². The summed E-state index contributed by atoms with van der Waals surface area (Å²) in [5, 5.41) is 28.4. The van der Waals surface area contributed by atoms with Crippen LogP contribution in [0.1, 0.15) is 56.5 Å². The molecule has 1 aliphatic rings. The van der Waals surface area contributed by atoms with Crippen LogP contribution in [0, 0.1) is 22.7 Å². The van der Waals surface area contributed by atoms with Crippen molar-refractivity contribution < 1.29 is 19.1 Å². The maximum Gasteiger partial charge on any atom is 0.291 e. The highest BCUT2D eigenvalue weighted by Crippen LogP contribution is 2.44. The van der Waals surface area contributed by atoms with Crippen LogP contribution >= 0.6 is 23.1 Å². The number of nitrogens with zero attached hydrogens (tertiary/aromatic N) is 3. The Balaban J connectivity index is 1.80. The highest BCUT2D eigenvalue weighted by Gasteiger charge is 2.33. The van der Waals surface area contributed by atoms with Gasteiger partial charge in [0, 0.05) is 4.88 Å². The number of amides is 1. The Morgan fingerprint density at radius 3 is 2.83 bits per heavy atom. The van der Waals surface area contributed by atoms with Gasteiger partial charge < -0.3 is 14.9 Å². The Hall–Kier alpha value is -2.05. The zero-order chi connectivity index (χ0) is 21.3. The average Bonchev–Trinajstić information content (AvgIpc) is 3.17. The molecule has 0 bridgehead atoms. The zero-order valence-corrected chi connectivity index (χ0v) is 19.0. The molecule has 156 valence electrons. The van der Waals surface area contributed by atoms with Crippen LogP contribution in [-0.4, -0.2) is 16.4 Å². The maximum absolute atomic E-state index is 12.9. The number of fused-ring (bicyclic) bond motifs is 1. The molecule has 2 aromatic heterocycles. The number of carbonyl (C=O) groups is 1. The molecule has 0 saturated heterocycles. The summed E-state index contributed by atoms with van der Waals surface area (Å²) < 4.78 is 5.97. The standard InChI is InChI=1S/C20H26N4O3S2/c1-6-14(29-18-19(26)27-23-24(18)5)16(25)22-17-13(10-21)12-8-7-11(20(2,3)4)9-15(12)28-17/h11,14H,6-9H2,1-5H3,(H-,22,23,25,26). The van der Waals surface area contributed by atoms with Crippen LogP contribution in [0.2, 0.25) is 0 Å². The predicted molar refractivity (Wildman–Crippen MR) is 110 cm³/mol. The minimum atomic E-state index is -0.554. The molecular weight excluding hydrogens is 408 g/mol. The first-order valence-electron chi connectivity index (χ1n) is 9.70. The number of nitrogens with one attached hydrogen (secondary N) is 1. The lowest BCUT2D eigenvalue weighted by Gasteiger charge is -2.33. The van der Waals surface area contributed by atoms with Crippen molar-refractivity contribution in [2.24, 2.45) is 18.4 Å². The number of aromatic nitrogens is 2. The molecule has 2 unspecified atom stereocenters. The number of rotatable bonds is 5. The SMILES string of the molecule is CCC(Sc1c([O-])on[n+]1C)C(=O)Nc1sc2c(c1C#N)CCC(C(C)(C)C)C2. The van der Waals surface area contributed by atoms with E-state index in [0.717, 1.165) is 36.6 Å². The van der Waals surface area contributed by atoms with E-state index in [9.17, 15) is 15.2 Å². The number of anilines is 1. The summed E-state index contributed by atoms with van der Waals surface area (Å²) in [6.07, 6.45) is 3.39. The second-order valence-corrected chi connectivity index (χ2v) is 10.7. The molecule has 1 aliphatic carbocycles. The number of hydrogen-bond donors (Lipinski definition) is 1. The largest absolute Gasteiger partial charge is 0.538 e. The van der Waals surface area contributed by atoms with Gasteiger partial charge in [-0.15, -0.1) is 11.3 Å². The quantitative estimate of drug-likeness (QED) is 0.572. The number of aryl methyl sites for hydroxylation is 1. The molecule has 1 amide bonds.